The highest BCUT2D eigenvalue weighted by molar-refractivity contribution is 14.1. The van der Waals surface area contributed by atoms with Gasteiger partial charge in [-0.2, -0.15) is 0 Å². The summed E-state index contributed by atoms with van der Waals surface area (Å²) in [4.78, 5) is 12.9. The first-order valence-corrected chi connectivity index (χ1v) is 4.52. The van der Waals surface area contributed by atoms with Crippen LogP contribution in [0, 0.1) is 0 Å². The quantitative estimate of drug-likeness (QED) is 0.402. The number of carbonyl (C=O) groups is 1. The maximum atomic E-state index is 11.1. The SMILES string of the molecule is C=CC(=O)N1CCCN(I)C1. The minimum atomic E-state index is 0.0337. The summed E-state index contributed by atoms with van der Waals surface area (Å²) < 4.78 is 2.10. The minimum Gasteiger partial charge on any atom is -0.325 e. The topological polar surface area (TPSA) is 23.6 Å². The summed E-state index contributed by atoms with van der Waals surface area (Å²) in [6, 6.07) is 0. The largest absolute Gasteiger partial charge is 0.325 e. The number of amides is 1. The Labute approximate surface area is 80.5 Å². The van der Waals surface area contributed by atoms with Gasteiger partial charge in [0.1, 0.15) is 0 Å². The zero-order valence-corrected chi connectivity index (χ0v) is 8.45. The highest BCUT2D eigenvalue weighted by Crippen LogP contribution is 2.10. The van der Waals surface area contributed by atoms with E-state index in [-0.39, 0.29) is 5.91 Å². The molecule has 1 rings (SSSR count). The molecule has 62 valence electrons. The van der Waals surface area contributed by atoms with Crippen molar-refractivity contribution in [3.05, 3.63) is 12.7 Å². The molecule has 0 aromatic carbocycles. The van der Waals surface area contributed by atoms with E-state index in [2.05, 4.69) is 32.6 Å². The fraction of sp³-hybridized carbons (Fsp3) is 0.571. The molecule has 1 heterocycles. The maximum Gasteiger partial charge on any atom is 0.247 e. The van der Waals surface area contributed by atoms with Gasteiger partial charge in [-0.15, -0.1) is 0 Å². The van der Waals surface area contributed by atoms with Crippen molar-refractivity contribution < 1.29 is 4.79 Å². The predicted octanol–water partition coefficient (Wildman–Crippen LogP) is 1.01. The number of halogens is 1. The second-order valence-corrected chi connectivity index (χ2v) is 3.85. The lowest BCUT2D eigenvalue weighted by atomic mass is 10.3. The molecule has 0 atom stereocenters. The average molecular weight is 266 g/mol. The molecule has 0 bridgehead atoms. The van der Waals surface area contributed by atoms with E-state index in [1.165, 1.54) is 6.08 Å². The van der Waals surface area contributed by atoms with Crippen LogP contribution in [0.4, 0.5) is 0 Å². The highest BCUT2D eigenvalue weighted by Gasteiger charge is 2.17. The van der Waals surface area contributed by atoms with Gasteiger partial charge in [-0.25, -0.2) is 3.11 Å². The Morgan fingerprint density at radius 1 is 1.55 bits per heavy atom. The van der Waals surface area contributed by atoms with Gasteiger partial charge in [0.25, 0.3) is 0 Å². The summed E-state index contributed by atoms with van der Waals surface area (Å²) in [6.07, 6.45) is 2.43. The first-order valence-electron chi connectivity index (χ1n) is 3.56. The Bertz CT molecular complexity index is 172. The van der Waals surface area contributed by atoms with Crippen LogP contribution in [0.15, 0.2) is 12.7 Å². The van der Waals surface area contributed by atoms with E-state index in [9.17, 15) is 4.79 Å². The smallest absolute Gasteiger partial charge is 0.247 e. The predicted molar refractivity (Wildman–Crippen MR) is 52.1 cm³/mol. The van der Waals surface area contributed by atoms with Gasteiger partial charge in [0.05, 0.1) is 6.67 Å². The monoisotopic (exact) mass is 266 g/mol. The molecule has 0 radical (unpaired) electrons. The molecule has 1 aliphatic heterocycles. The van der Waals surface area contributed by atoms with E-state index in [4.69, 9.17) is 0 Å². The summed E-state index contributed by atoms with van der Waals surface area (Å²) in [5.41, 5.74) is 0. The summed E-state index contributed by atoms with van der Waals surface area (Å²) in [6.45, 7) is 6.11. The molecular formula is C7H11IN2O. The zero-order valence-electron chi connectivity index (χ0n) is 6.29. The summed E-state index contributed by atoms with van der Waals surface area (Å²) >= 11 is 2.23. The van der Waals surface area contributed by atoms with Gasteiger partial charge in [-0.05, 0) is 12.5 Å². The van der Waals surface area contributed by atoms with Crippen molar-refractivity contribution in [3.63, 3.8) is 0 Å². The van der Waals surface area contributed by atoms with Crippen molar-refractivity contribution in [2.24, 2.45) is 0 Å². The van der Waals surface area contributed by atoms with E-state index in [1.54, 1.807) is 4.90 Å². The van der Waals surface area contributed by atoms with Crippen molar-refractivity contribution in [2.45, 2.75) is 6.42 Å². The van der Waals surface area contributed by atoms with Crippen LogP contribution in [0.2, 0.25) is 0 Å². The van der Waals surface area contributed by atoms with Gasteiger partial charge in [-0.1, -0.05) is 6.58 Å². The number of rotatable bonds is 1. The lowest BCUT2D eigenvalue weighted by Gasteiger charge is -2.30. The molecule has 0 spiro atoms. The Morgan fingerprint density at radius 2 is 2.27 bits per heavy atom. The summed E-state index contributed by atoms with van der Waals surface area (Å²) in [5, 5.41) is 0. The molecule has 0 aromatic heterocycles. The van der Waals surface area contributed by atoms with Crippen LogP contribution in [0.1, 0.15) is 6.42 Å². The summed E-state index contributed by atoms with van der Waals surface area (Å²) in [7, 11) is 0. The number of hydrogen-bond acceptors (Lipinski definition) is 2. The van der Waals surface area contributed by atoms with Crippen LogP contribution in [-0.4, -0.2) is 33.7 Å². The Balaban J connectivity index is 2.45. The lowest BCUT2D eigenvalue weighted by Crippen LogP contribution is -2.42. The number of hydrogen-bond donors (Lipinski definition) is 0. The van der Waals surface area contributed by atoms with Gasteiger partial charge >= 0.3 is 0 Å². The van der Waals surface area contributed by atoms with E-state index < -0.39 is 0 Å². The van der Waals surface area contributed by atoms with Crippen molar-refractivity contribution in [2.75, 3.05) is 19.8 Å². The molecule has 0 aromatic rings. The van der Waals surface area contributed by atoms with E-state index in [0.717, 1.165) is 26.2 Å². The second kappa shape index (κ2) is 4.06. The normalized spacial score (nSPS) is 19.9. The average Bonchev–Trinajstić information content (AvgIpc) is 2.03. The molecule has 1 fully saturated rings. The van der Waals surface area contributed by atoms with Crippen LogP contribution in [0.25, 0.3) is 0 Å². The van der Waals surface area contributed by atoms with E-state index in [1.807, 2.05) is 0 Å². The van der Waals surface area contributed by atoms with Gasteiger partial charge in [0.15, 0.2) is 0 Å². The zero-order chi connectivity index (χ0) is 8.27. The lowest BCUT2D eigenvalue weighted by molar-refractivity contribution is -0.128. The van der Waals surface area contributed by atoms with Crippen LogP contribution in [-0.2, 0) is 4.79 Å². The molecular weight excluding hydrogens is 255 g/mol. The van der Waals surface area contributed by atoms with Gasteiger partial charge < -0.3 is 4.90 Å². The maximum absolute atomic E-state index is 11.1. The molecule has 1 amide bonds. The van der Waals surface area contributed by atoms with E-state index >= 15 is 0 Å². The third-order valence-corrected chi connectivity index (χ3v) is 2.43. The van der Waals surface area contributed by atoms with Gasteiger partial charge in [-0.3, -0.25) is 4.79 Å². The molecule has 0 N–H and O–H groups in total. The molecule has 11 heavy (non-hydrogen) atoms. The fourth-order valence-electron chi connectivity index (χ4n) is 1.07. The Kier molecular flexibility index (Phi) is 3.32. The second-order valence-electron chi connectivity index (χ2n) is 2.49. The van der Waals surface area contributed by atoms with Gasteiger partial charge in [0, 0.05) is 36.0 Å². The van der Waals surface area contributed by atoms with Crippen LogP contribution in [0.3, 0.4) is 0 Å². The third-order valence-electron chi connectivity index (χ3n) is 1.64. The van der Waals surface area contributed by atoms with Crippen LogP contribution in [0.5, 0.6) is 0 Å². The minimum absolute atomic E-state index is 0.0337. The summed E-state index contributed by atoms with van der Waals surface area (Å²) in [5.74, 6) is 0.0337. The first kappa shape index (κ1) is 8.99. The van der Waals surface area contributed by atoms with E-state index in [0.29, 0.717) is 0 Å². The van der Waals surface area contributed by atoms with Crippen molar-refractivity contribution in [3.8, 4) is 0 Å². The number of carbonyl (C=O) groups excluding carboxylic acids is 1. The Hall–Kier alpha value is -0.100. The molecule has 1 aliphatic rings. The van der Waals surface area contributed by atoms with Crippen LogP contribution < -0.4 is 0 Å². The molecule has 0 unspecified atom stereocenters. The highest BCUT2D eigenvalue weighted by atomic mass is 127. The fourth-order valence-corrected chi connectivity index (χ4v) is 1.78. The molecule has 0 saturated carbocycles. The molecule has 0 aliphatic carbocycles. The Morgan fingerprint density at radius 3 is 2.82 bits per heavy atom. The van der Waals surface area contributed by atoms with Crippen molar-refractivity contribution in [1.29, 1.82) is 0 Å². The molecule has 1 saturated heterocycles. The third kappa shape index (κ3) is 2.44. The van der Waals surface area contributed by atoms with Crippen molar-refractivity contribution >= 4 is 28.8 Å². The van der Waals surface area contributed by atoms with Crippen LogP contribution >= 0.6 is 22.9 Å². The van der Waals surface area contributed by atoms with Gasteiger partial charge in [0.2, 0.25) is 5.91 Å². The molecule has 3 nitrogen and oxygen atoms in total. The number of nitrogens with zero attached hydrogens (tertiary/aromatic N) is 2. The standard InChI is InChI=1S/C7H11IN2O/c1-2-7(11)9-4-3-5-10(8)6-9/h2H,1,3-6H2. The van der Waals surface area contributed by atoms with Crippen molar-refractivity contribution in [1.82, 2.24) is 8.01 Å². The molecule has 4 heteroatoms. The first-order chi connectivity index (χ1) is 5.24.